The molecule has 1 saturated heterocycles. The number of aryl methyl sites for hydroxylation is 1. The molecule has 3 aliphatic rings. The van der Waals surface area contributed by atoms with Crippen molar-refractivity contribution in [2.24, 2.45) is 10.8 Å². The molecule has 2 heterocycles. The molecule has 3 aromatic carbocycles. The summed E-state index contributed by atoms with van der Waals surface area (Å²) >= 11 is 0. The van der Waals surface area contributed by atoms with E-state index in [0.29, 0.717) is 28.2 Å². The van der Waals surface area contributed by atoms with E-state index in [1.165, 1.54) is 0 Å². The highest BCUT2D eigenvalue weighted by molar-refractivity contribution is 6.32. The molecule has 1 spiro atoms. The lowest BCUT2D eigenvalue weighted by Crippen LogP contribution is -2.49. The molecule has 204 valence electrons. The molecular weight excluding hydrogens is 502 g/mol. The molecule has 3 atom stereocenters. The van der Waals surface area contributed by atoms with E-state index < -0.39 is 28.8 Å². The third-order valence-corrected chi connectivity index (χ3v) is 8.74. The fraction of sp³-hybridized carbons (Fsp3) is 0.324. The summed E-state index contributed by atoms with van der Waals surface area (Å²) in [4.78, 5) is 46.1. The van der Waals surface area contributed by atoms with Crippen LogP contribution in [0.4, 0.5) is 5.69 Å². The molecule has 0 unspecified atom stereocenters. The molecule has 0 saturated carbocycles. The first-order valence-electron chi connectivity index (χ1n) is 13.6. The lowest BCUT2D eigenvalue weighted by molar-refractivity contribution is -0.127. The standard InChI is InChI=1S/C34H33NO5/c1-19-14-16-24-20(18-19)15-17-26-34(30(36)21-10-7-8-11-22(21)31(34)37)27(28(35(24)26)32(38)33(2,3)4)23-12-9-13-25(39-5)29(23)40-6/h7-18,26-28H,1-6H3/t26-,27-,28+/m0/s1. The SMILES string of the molecule is COc1cccc([C@H]2[C@H](C(=O)C(C)(C)C)N3c4ccc(C)cc4C=C[C@H]3C23C(=O)c2ccccc2C3=O)c1OC. The van der Waals surface area contributed by atoms with Crippen LogP contribution in [0.3, 0.4) is 0 Å². The first-order valence-corrected chi connectivity index (χ1v) is 13.6. The summed E-state index contributed by atoms with van der Waals surface area (Å²) in [6, 6.07) is 17.0. The Bertz CT molecular complexity index is 1580. The number of hydrogen-bond donors (Lipinski definition) is 0. The Morgan fingerprint density at radius 2 is 1.57 bits per heavy atom. The molecule has 6 nitrogen and oxygen atoms in total. The third-order valence-electron chi connectivity index (χ3n) is 8.74. The summed E-state index contributed by atoms with van der Waals surface area (Å²) in [7, 11) is 3.10. The van der Waals surface area contributed by atoms with Crippen LogP contribution >= 0.6 is 0 Å². The Kier molecular flexibility index (Phi) is 5.81. The van der Waals surface area contributed by atoms with Crippen LogP contribution in [-0.2, 0) is 4.79 Å². The molecule has 0 bridgehead atoms. The lowest BCUT2D eigenvalue weighted by atomic mass is 9.63. The quantitative estimate of drug-likeness (QED) is 0.378. The van der Waals surface area contributed by atoms with Crippen molar-refractivity contribution in [1.82, 2.24) is 0 Å². The van der Waals surface area contributed by atoms with E-state index in [-0.39, 0.29) is 17.3 Å². The molecule has 0 radical (unpaired) electrons. The number of methoxy groups -OCH3 is 2. The van der Waals surface area contributed by atoms with Crippen LogP contribution in [0.5, 0.6) is 11.5 Å². The maximum absolute atomic E-state index is 14.7. The third kappa shape index (κ3) is 3.31. The zero-order chi connectivity index (χ0) is 28.6. The number of ether oxygens (including phenoxy) is 2. The van der Waals surface area contributed by atoms with Gasteiger partial charge in [0.1, 0.15) is 5.41 Å². The van der Waals surface area contributed by atoms with Gasteiger partial charge in [-0.25, -0.2) is 0 Å². The highest BCUT2D eigenvalue weighted by atomic mass is 16.5. The van der Waals surface area contributed by atoms with Gasteiger partial charge in [0.15, 0.2) is 28.8 Å². The largest absolute Gasteiger partial charge is 0.493 e. The van der Waals surface area contributed by atoms with Crippen molar-refractivity contribution in [3.8, 4) is 11.5 Å². The monoisotopic (exact) mass is 535 g/mol. The van der Waals surface area contributed by atoms with E-state index in [1.54, 1.807) is 44.6 Å². The van der Waals surface area contributed by atoms with E-state index in [9.17, 15) is 14.4 Å². The molecule has 1 fully saturated rings. The first-order chi connectivity index (χ1) is 19.1. The van der Waals surface area contributed by atoms with Crippen LogP contribution < -0.4 is 14.4 Å². The van der Waals surface area contributed by atoms with Crippen molar-refractivity contribution >= 4 is 29.1 Å². The van der Waals surface area contributed by atoms with Crippen molar-refractivity contribution in [2.45, 2.75) is 45.7 Å². The van der Waals surface area contributed by atoms with Gasteiger partial charge in [-0.2, -0.15) is 0 Å². The second-order valence-corrected chi connectivity index (χ2v) is 12.0. The van der Waals surface area contributed by atoms with Crippen molar-refractivity contribution in [2.75, 3.05) is 19.1 Å². The van der Waals surface area contributed by atoms with Crippen LogP contribution in [0.25, 0.3) is 6.08 Å². The summed E-state index contributed by atoms with van der Waals surface area (Å²) in [5, 5.41) is 0. The van der Waals surface area contributed by atoms with Gasteiger partial charge in [0, 0.05) is 33.7 Å². The average molecular weight is 536 g/mol. The first kappa shape index (κ1) is 26.1. The lowest BCUT2D eigenvalue weighted by Gasteiger charge is -2.38. The van der Waals surface area contributed by atoms with Crippen LogP contribution in [-0.4, -0.2) is 43.7 Å². The summed E-state index contributed by atoms with van der Waals surface area (Å²) in [6.45, 7) is 7.68. The van der Waals surface area contributed by atoms with Crippen molar-refractivity contribution in [3.63, 3.8) is 0 Å². The second kappa shape index (κ2) is 8.91. The Morgan fingerprint density at radius 3 is 2.17 bits per heavy atom. The fourth-order valence-corrected chi connectivity index (χ4v) is 7.04. The number of anilines is 1. The number of rotatable bonds is 4. The van der Waals surface area contributed by atoms with Crippen LogP contribution in [0.2, 0.25) is 0 Å². The molecule has 0 N–H and O–H groups in total. The summed E-state index contributed by atoms with van der Waals surface area (Å²) in [5.41, 5.74) is 1.93. The van der Waals surface area contributed by atoms with Crippen molar-refractivity contribution < 1.29 is 23.9 Å². The zero-order valence-electron chi connectivity index (χ0n) is 23.6. The molecular formula is C34H33NO5. The Balaban J connectivity index is 1.74. The minimum Gasteiger partial charge on any atom is -0.493 e. The number of carbonyl (C=O) groups is 3. The Hall–Kier alpha value is -4.19. The number of fused-ring (bicyclic) bond motifs is 5. The van der Waals surface area contributed by atoms with E-state index in [2.05, 4.69) is 6.07 Å². The van der Waals surface area contributed by atoms with Crippen molar-refractivity contribution in [3.05, 3.63) is 94.6 Å². The van der Waals surface area contributed by atoms with Gasteiger partial charge in [0.25, 0.3) is 0 Å². The normalized spacial score (nSPS) is 22.2. The maximum Gasteiger partial charge on any atom is 0.180 e. The molecule has 40 heavy (non-hydrogen) atoms. The van der Waals surface area contributed by atoms with E-state index in [4.69, 9.17) is 9.47 Å². The number of nitrogens with zero attached hydrogens (tertiary/aromatic N) is 1. The summed E-state index contributed by atoms with van der Waals surface area (Å²) < 4.78 is 11.5. The van der Waals surface area contributed by atoms with Crippen molar-refractivity contribution in [1.29, 1.82) is 0 Å². The van der Waals surface area contributed by atoms with Gasteiger partial charge in [-0.3, -0.25) is 14.4 Å². The predicted octanol–water partition coefficient (Wildman–Crippen LogP) is 6.06. The van der Waals surface area contributed by atoms with Gasteiger partial charge in [0.05, 0.1) is 26.3 Å². The van der Waals surface area contributed by atoms with Crippen LogP contribution in [0.15, 0.2) is 66.7 Å². The van der Waals surface area contributed by atoms with Gasteiger partial charge in [-0.15, -0.1) is 0 Å². The molecule has 3 aromatic rings. The molecule has 6 rings (SSSR count). The fourth-order valence-electron chi connectivity index (χ4n) is 7.04. The van der Waals surface area contributed by atoms with Gasteiger partial charge in [-0.1, -0.05) is 81.0 Å². The minimum absolute atomic E-state index is 0.0531. The van der Waals surface area contributed by atoms with Crippen LogP contribution in [0.1, 0.15) is 64.1 Å². The smallest absolute Gasteiger partial charge is 0.180 e. The summed E-state index contributed by atoms with van der Waals surface area (Å²) in [5.74, 6) is -0.513. The zero-order valence-corrected chi connectivity index (χ0v) is 23.6. The van der Waals surface area contributed by atoms with E-state index in [0.717, 1.165) is 16.8 Å². The number of para-hydroxylation sites is 1. The molecule has 6 heteroatoms. The minimum atomic E-state index is -1.58. The van der Waals surface area contributed by atoms with Gasteiger partial charge >= 0.3 is 0 Å². The Labute approximate surface area is 234 Å². The number of ketones is 3. The molecule has 2 aliphatic heterocycles. The van der Waals surface area contributed by atoms with Gasteiger partial charge in [0.2, 0.25) is 0 Å². The topological polar surface area (TPSA) is 72.9 Å². The Morgan fingerprint density at radius 1 is 0.900 bits per heavy atom. The molecule has 1 aliphatic carbocycles. The van der Waals surface area contributed by atoms with E-state index >= 15 is 0 Å². The highest BCUT2D eigenvalue weighted by Crippen LogP contribution is 2.62. The highest BCUT2D eigenvalue weighted by Gasteiger charge is 2.72. The maximum atomic E-state index is 14.7. The second-order valence-electron chi connectivity index (χ2n) is 12.0. The number of Topliss-reactive ketones (excluding diaryl/α,β-unsaturated/α-hetero) is 3. The number of hydrogen-bond acceptors (Lipinski definition) is 6. The summed E-state index contributed by atoms with van der Waals surface area (Å²) in [6.07, 6.45) is 3.93. The van der Waals surface area contributed by atoms with E-state index in [1.807, 2.05) is 69.0 Å². The predicted molar refractivity (Wildman–Crippen MR) is 155 cm³/mol. The van der Waals surface area contributed by atoms with Crippen LogP contribution in [0, 0.1) is 17.8 Å². The van der Waals surface area contributed by atoms with Gasteiger partial charge < -0.3 is 14.4 Å². The molecule has 0 aromatic heterocycles. The average Bonchev–Trinajstić information content (AvgIpc) is 3.37. The number of benzene rings is 3. The van der Waals surface area contributed by atoms with Gasteiger partial charge in [-0.05, 0) is 30.7 Å². The number of carbonyl (C=O) groups excluding carboxylic acids is 3. The molecule has 0 amide bonds.